The zero-order valence-corrected chi connectivity index (χ0v) is 38.3. The Kier molecular flexibility index (Phi) is 44.9. The van der Waals surface area contributed by atoms with Gasteiger partial charge in [0.2, 0.25) is 0 Å². The number of allylic oxidation sites excluding steroid dienone is 8. The van der Waals surface area contributed by atoms with Crippen LogP contribution in [0.5, 0.6) is 0 Å². The van der Waals surface area contributed by atoms with Crippen molar-refractivity contribution in [2.24, 2.45) is 0 Å². The maximum absolute atomic E-state index is 12.7. The van der Waals surface area contributed by atoms with E-state index in [9.17, 15) is 14.4 Å². The van der Waals surface area contributed by atoms with E-state index in [0.29, 0.717) is 19.3 Å². The highest BCUT2D eigenvalue weighted by atomic mass is 16.6. The second-order valence-corrected chi connectivity index (χ2v) is 16.3. The quantitative estimate of drug-likeness (QED) is 0.0264. The Balaban J connectivity index is 4.38. The third kappa shape index (κ3) is 44.5. The predicted molar refractivity (Wildman–Crippen MR) is 247 cm³/mol. The first kappa shape index (κ1) is 55.4. The fourth-order valence-corrected chi connectivity index (χ4v) is 6.82. The summed E-state index contributed by atoms with van der Waals surface area (Å²) in [6.07, 6.45) is 55.2. The molecule has 0 heterocycles. The van der Waals surface area contributed by atoms with E-state index < -0.39 is 6.10 Å². The van der Waals surface area contributed by atoms with Crippen LogP contribution in [0.25, 0.3) is 0 Å². The maximum Gasteiger partial charge on any atom is 0.306 e. The molecule has 0 saturated heterocycles. The lowest BCUT2D eigenvalue weighted by Crippen LogP contribution is -2.30. The van der Waals surface area contributed by atoms with Crippen molar-refractivity contribution >= 4 is 17.9 Å². The highest BCUT2D eigenvalue weighted by molar-refractivity contribution is 5.71. The summed E-state index contributed by atoms with van der Waals surface area (Å²) in [5.74, 6) is -0.915. The van der Waals surface area contributed by atoms with Crippen LogP contribution in [0.3, 0.4) is 0 Å². The largest absolute Gasteiger partial charge is 0.462 e. The zero-order chi connectivity index (χ0) is 42.3. The van der Waals surface area contributed by atoms with Crippen molar-refractivity contribution < 1.29 is 28.6 Å². The number of esters is 3. The van der Waals surface area contributed by atoms with E-state index in [0.717, 1.165) is 103 Å². The molecule has 6 nitrogen and oxygen atoms in total. The van der Waals surface area contributed by atoms with Gasteiger partial charge in [-0.3, -0.25) is 14.4 Å². The average Bonchev–Trinajstić information content (AvgIpc) is 3.22. The van der Waals surface area contributed by atoms with E-state index >= 15 is 0 Å². The van der Waals surface area contributed by atoms with E-state index in [1.54, 1.807) is 0 Å². The number of hydrogen-bond acceptors (Lipinski definition) is 6. The number of hydrogen-bond donors (Lipinski definition) is 0. The van der Waals surface area contributed by atoms with Gasteiger partial charge >= 0.3 is 17.9 Å². The molecule has 0 spiro atoms. The van der Waals surface area contributed by atoms with Crippen molar-refractivity contribution in [2.75, 3.05) is 13.2 Å². The summed E-state index contributed by atoms with van der Waals surface area (Å²) >= 11 is 0. The van der Waals surface area contributed by atoms with E-state index in [4.69, 9.17) is 14.2 Å². The molecule has 0 saturated carbocycles. The van der Waals surface area contributed by atoms with Crippen LogP contribution in [0.4, 0.5) is 0 Å². The second kappa shape index (κ2) is 47.1. The Bertz CT molecular complexity index is 1030. The predicted octanol–water partition coefficient (Wildman–Crippen LogP) is 15.9. The van der Waals surface area contributed by atoms with Gasteiger partial charge in [0.05, 0.1) is 0 Å². The molecule has 0 rings (SSSR count). The molecule has 0 aliphatic carbocycles. The molecule has 0 bridgehead atoms. The van der Waals surface area contributed by atoms with Crippen LogP contribution < -0.4 is 0 Å². The van der Waals surface area contributed by atoms with Gasteiger partial charge in [-0.1, -0.05) is 179 Å². The van der Waals surface area contributed by atoms with Gasteiger partial charge in [0.1, 0.15) is 13.2 Å². The van der Waals surface area contributed by atoms with Crippen molar-refractivity contribution in [3.63, 3.8) is 0 Å². The number of ether oxygens (including phenoxy) is 3. The normalized spacial score (nSPS) is 12.4. The van der Waals surface area contributed by atoms with Crippen LogP contribution in [0.2, 0.25) is 0 Å². The summed E-state index contributed by atoms with van der Waals surface area (Å²) in [7, 11) is 0. The number of carbonyl (C=O) groups excluding carboxylic acids is 3. The summed E-state index contributed by atoms with van der Waals surface area (Å²) in [5.41, 5.74) is 0. The SMILES string of the molecule is CC/C=C\C/C=C\CCCCCCCC(=O)OC(COC(=O)CCCCCCC/C=C\CCCCC)COC(=O)CCCCCCC/C=C\CCCCCCCCC. The molecular weight excluding hydrogens is 721 g/mol. The van der Waals surface area contributed by atoms with Crippen LogP contribution in [-0.4, -0.2) is 37.2 Å². The molecule has 336 valence electrons. The van der Waals surface area contributed by atoms with Crippen molar-refractivity contribution in [3.8, 4) is 0 Å². The Labute approximate surface area is 358 Å². The van der Waals surface area contributed by atoms with Crippen LogP contribution in [0.15, 0.2) is 48.6 Å². The first-order valence-electron chi connectivity index (χ1n) is 24.6. The molecule has 6 heteroatoms. The highest BCUT2D eigenvalue weighted by Crippen LogP contribution is 2.14. The maximum atomic E-state index is 12.7. The Morgan fingerprint density at radius 3 is 1.09 bits per heavy atom. The molecular formula is C52H92O6. The minimum atomic E-state index is -0.784. The van der Waals surface area contributed by atoms with Crippen LogP contribution in [-0.2, 0) is 28.6 Å². The molecule has 58 heavy (non-hydrogen) atoms. The molecule has 0 aromatic carbocycles. The van der Waals surface area contributed by atoms with Crippen molar-refractivity contribution in [1.29, 1.82) is 0 Å². The third-order valence-electron chi connectivity index (χ3n) is 10.5. The van der Waals surface area contributed by atoms with Gasteiger partial charge in [-0.15, -0.1) is 0 Å². The lowest BCUT2D eigenvalue weighted by atomic mass is 10.1. The van der Waals surface area contributed by atoms with E-state index in [2.05, 4.69) is 69.4 Å². The fraction of sp³-hybridized carbons (Fsp3) is 0.788. The minimum Gasteiger partial charge on any atom is -0.462 e. The lowest BCUT2D eigenvalue weighted by Gasteiger charge is -2.18. The smallest absolute Gasteiger partial charge is 0.306 e. The van der Waals surface area contributed by atoms with Gasteiger partial charge in [-0.05, 0) is 96.3 Å². The molecule has 1 unspecified atom stereocenters. The topological polar surface area (TPSA) is 78.9 Å². The Morgan fingerprint density at radius 2 is 0.672 bits per heavy atom. The standard InChI is InChI=1S/C52H92O6/c1-4-7-10-13-16-19-22-25-26-27-28-31-33-36-39-42-45-51(54)57-48-49(58-52(55)46-43-40-37-34-30-24-21-18-15-12-9-6-3)47-56-50(53)44-41-38-35-32-29-23-20-17-14-11-8-5-2/h9,12,17-18,20-21,26-27,49H,4-8,10-11,13-16,19,22-25,28-48H2,1-3H3/b12-9-,20-17-,21-18-,27-26-. The fourth-order valence-electron chi connectivity index (χ4n) is 6.82. The molecule has 0 aliphatic heterocycles. The van der Waals surface area contributed by atoms with Gasteiger partial charge < -0.3 is 14.2 Å². The summed E-state index contributed by atoms with van der Waals surface area (Å²) < 4.78 is 16.7. The molecule has 1 atom stereocenters. The van der Waals surface area contributed by atoms with Crippen LogP contribution >= 0.6 is 0 Å². The molecule has 0 aromatic rings. The van der Waals surface area contributed by atoms with E-state index in [1.165, 1.54) is 103 Å². The first-order valence-corrected chi connectivity index (χ1v) is 24.6. The zero-order valence-electron chi connectivity index (χ0n) is 38.3. The molecule has 0 aliphatic rings. The molecule has 0 fully saturated rings. The summed E-state index contributed by atoms with van der Waals surface area (Å²) in [6.45, 7) is 6.48. The number of carbonyl (C=O) groups is 3. The first-order chi connectivity index (χ1) is 28.5. The van der Waals surface area contributed by atoms with Gasteiger partial charge in [-0.2, -0.15) is 0 Å². The molecule has 0 amide bonds. The van der Waals surface area contributed by atoms with Gasteiger partial charge in [0.25, 0.3) is 0 Å². The van der Waals surface area contributed by atoms with Crippen molar-refractivity contribution in [3.05, 3.63) is 48.6 Å². The van der Waals surface area contributed by atoms with E-state index in [-0.39, 0.29) is 31.1 Å². The van der Waals surface area contributed by atoms with Crippen molar-refractivity contribution in [1.82, 2.24) is 0 Å². The lowest BCUT2D eigenvalue weighted by molar-refractivity contribution is -0.167. The summed E-state index contributed by atoms with van der Waals surface area (Å²) in [4.78, 5) is 37.8. The Hall–Kier alpha value is -2.63. The monoisotopic (exact) mass is 813 g/mol. The molecule has 0 N–H and O–H groups in total. The molecule has 0 radical (unpaired) electrons. The second-order valence-electron chi connectivity index (χ2n) is 16.3. The molecule has 0 aromatic heterocycles. The Morgan fingerprint density at radius 1 is 0.362 bits per heavy atom. The summed E-state index contributed by atoms with van der Waals surface area (Å²) in [5, 5.41) is 0. The third-order valence-corrected chi connectivity index (χ3v) is 10.5. The van der Waals surface area contributed by atoms with Crippen LogP contribution in [0.1, 0.15) is 245 Å². The van der Waals surface area contributed by atoms with Crippen molar-refractivity contribution in [2.45, 2.75) is 252 Å². The van der Waals surface area contributed by atoms with Gasteiger partial charge in [0, 0.05) is 19.3 Å². The summed E-state index contributed by atoms with van der Waals surface area (Å²) in [6, 6.07) is 0. The number of unbranched alkanes of at least 4 members (excludes halogenated alkanes) is 25. The van der Waals surface area contributed by atoms with E-state index in [1.807, 2.05) is 0 Å². The number of rotatable bonds is 44. The average molecular weight is 813 g/mol. The highest BCUT2D eigenvalue weighted by Gasteiger charge is 2.19. The van der Waals surface area contributed by atoms with Gasteiger partial charge in [-0.25, -0.2) is 0 Å². The van der Waals surface area contributed by atoms with Crippen LogP contribution in [0, 0.1) is 0 Å². The minimum absolute atomic E-state index is 0.0855. The van der Waals surface area contributed by atoms with Gasteiger partial charge in [0.15, 0.2) is 6.10 Å².